The lowest BCUT2D eigenvalue weighted by Crippen LogP contribution is -2.41. The first-order chi connectivity index (χ1) is 8.31. The lowest BCUT2D eigenvalue weighted by molar-refractivity contribution is -0.0324. The fraction of sp³-hybridized carbons (Fsp3) is 0.500. The number of nitrogens with zero attached hydrogens (tertiary/aromatic N) is 2. The van der Waals surface area contributed by atoms with Gasteiger partial charge in [0, 0.05) is 19.6 Å². The molecule has 1 saturated heterocycles. The van der Waals surface area contributed by atoms with Crippen LogP contribution in [0.25, 0.3) is 0 Å². The van der Waals surface area contributed by atoms with Gasteiger partial charge < -0.3 is 4.74 Å². The van der Waals surface area contributed by atoms with Crippen LogP contribution in [0.15, 0.2) is 24.3 Å². The Labute approximate surface area is 103 Å². The van der Waals surface area contributed by atoms with Gasteiger partial charge in [-0.05, 0) is 24.1 Å². The van der Waals surface area contributed by atoms with Gasteiger partial charge in [-0.2, -0.15) is 5.26 Å². The van der Waals surface area contributed by atoms with Gasteiger partial charge in [-0.25, -0.2) is 0 Å². The van der Waals surface area contributed by atoms with Crippen molar-refractivity contribution in [1.29, 1.82) is 5.26 Å². The van der Waals surface area contributed by atoms with Crippen LogP contribution in [0.4, 0.5) is 0 Å². The molecular weight excluding hydrogens is 212 g/mol. The number of hydrogen-bond acceptors (Lipinski definition) is 3. The average molecular weight is 230 g/mol. The molecule has 0 radical (unpaired) electrons. The maximum atomic E-state index is 8.74. The van der Waals surface area contributed by atoms with E-state index in [0.29, 0.717) is 6.10 Å². The van der Waals surface area contributed by atoms with Crippen molar-refractivity contribution >= 4 is 0 Å². The first kappa shape index (κ1) is 12.1. The van der Waals surface area contributed by atoms with Gasteiger partial charge in [-0.15, -0.1) is 0 Å². The van der Waals surface area contributed by atoms with Gasteiger partial charge in [0.05, 0.1) is 24.3 Å². The van der Waals surface area contributed by atoms with Crippen LogP contribution in [-0.4, -0.2) is 30.7 Å². The summed E-state index contributed by atoms with van der Waals surface area (Å²) in [6, 6.07) is 9.98. The highest BCUT2D eigenvalue weighted by molar-refractivity contribution is 5.31. The summed E-state index contributed by atoms with van der Waals surface area (Å²) in [6.07, 6.45) is 1.45. The van der Waals surface area contributed by atoms with Crippen LogP contribution in [0.3, 0.4) is 0 Å². The summed E-state index contributed by atoms with van der Waals surface area (Å²) in [5.41, 5.74) is 1.99. The number of nitriles is 1. The van der Waals surface area contributed by atoms with Gasteiger partial charge >= 0.3 is 0 Å². The van der Waals surface area contributed by atoms with Crippen LogP contribution in [0.1, 0.15) is 24.5 Å². The van der Waals surface area contributed by atoms with Crippen molar-refractivity contribution < 1.29 is 4.74 Å². The van der Waals surface area contributed by atoms with Crippen molar-refractivity contribution in [2.75, 3.05) is 19.7 Å². The van der Waals surface area contributed by atoms with Gasteiger partial charge in [-0.3, -0.25) is 4.90 Å². The fourth-order valence-electron chi connectivity index (χ4n) is 2.11. The molecule has 3 nitrogen and oxygen atoms in total. The van der Waals surface area contributed by atoms with E-state index in [9.17, 15) is 0 Å². The molecule has 0 spiro atoms. The van der Waals surface area contributed by atoms with Crippen LogP contribution < -0.4 is 0 Å². The van der Waals surface area contributed by atoms with Gasteiger partial charge in [0.2, 0.25) is 0 Å². The Kier molecular flexibility index (Phi) is 4.13. The van der Waals surface area contributed by atoms with E-state index in [2.05, 4.69) is 17.9 Å². The number of morpholine rings is 1. The molecular formula is C14H18N2O. The maximum Gasteiger partial charge on any atom is 0.0991 e. The lowest BCUT2D eigenvalue weighted by Gasteiger charge is -2.32. The Hall–Kier alpha value is -1.37. The van der Waals surface area contributed by atoms with Crippen molar-refractivity contribution in [2.45, 2.75) is 26.0 Å². The fourth-order valence-corrected chi connectivity index (χ4v) is 2.11. The lowest BCUT2D eigenvalue weighted by atomic mass is 10.1. The normalized spacial score (nSPS) is 21.1. The quantitative estimate of drug-likeness (QED) is 0.798. The second kappa shape index (κ2) is 5.81. The van der Waals surface area contributed by atoms with E-state index in [1.54, 1.807) is 0 Å². The van der Waals surface area contributed by atoms with Crippen molar-refractivity contribution in [3.05, 3.63) is 35.4 Å². The van der Waals surface area contributed by atoms with Crippen LogP contribution in [-0.2, 0) is 11.3 Å². The molecule has 0 amide bonds. The molecule has 1 aliphatic heterocycles. The zero-order chi connectivity index (χ0) is 12.1. The summed E-state index contributed by atoms with van der Waals surface area (Å²) < 4.78 is 5.65. The summed E-state index contributed by atoms with van der Waals surface area (Å²) in [5, 5.41) is 8.74. The topological polar surface area (TPSA) is 36.3 Å². The zero-order valence-electron chi connectivity index (χ0n) is 10.2. The summed E-state index contributed by atoms with van der Waals surface area (Å²) in [4.78, 5) is 2.42. The van der Waals surface area contributed by atoms with Crippen molar-refractivity contribution in [1.82, 2.24) is 4.90 Å². The summed E-state index contributed by atoms with van der Waals surface area (Å²) in [6.45, 7) is 5.95. The van der Waals surface area contributed by atoms with Crippen molar-refractivity contribution in [3.8, 4) is 6.07 Å². The Balaban J connectivity index is 1.93. The molecule has 1 atom stereocenters. The predicted octanol–water partition coefficient (Wildman–Crippen LogP) is 2.17. The minimum absolute atomic E-state index is 0.377. The molecule has 1 aliphatic rings. The summed E-state index contributed by atoms with van der Waals surface area (Å²) in [5.74, 6) is 0. The third-order valence-corrected chi connectivity index (χ3v) is 3.17. The van der Waals surface area contributed by atoms with Crippen LogP contribution in [0, 0.1) is 11.3 Å². The Morgan fingerprint density at radius 2 is 2.18 bits per heavy atom. The monoisotopic (exact) mass is 230 g/mol. The molecule has 1 aromatic carbocycles. The van der Waals surface area contributed by atoms with Crippen LogP contribution in [0.5, 0.6) is 0 Å². The van der Waals surface area contributed by atoms with E-state index in [0.717, 1.165) is 38.2 Å². The van der Waals surface area contributed by atoms with Crippen LogP contribution >= 0.6 is 0 Å². The second-order valence-electron chi connectivity index (χ2n) is 4.44. The second-order valence-corrected chi connectivity index (χ2v) is 4.44. The Bertz CT molecular complexity index is 394. The smallest absolute Gasteiger partial charge is 0.0991 e. The maximum absolute atomic E-state index is 8.74. The first-order valence-electron chi connectivity index (χ1n) is 6.15. The first-order valence-corrected chi connectivity index (χ1v) is 6.15. The largest absolute Gasteiger partial charge is 0.376 e. The molecule has 17 heavy (non-hydrogen) atoms. The molecule has 0 saturated carbocycles. The van der Waals surface area contributed by atoms with Crippen molar-refractivity contribution in [3.63, 3.8) is 0 Å². The molecule has 0 aliphatic carbocycles. The molecule has 1 heterocycles. The van der Waals surface area contributed by atoms with Gasteiger partial charge in [0.1, 0.15) is 0 Å². The zero-order valence-corrected chi connectivity index (χ0v) is 10.2. The van der Waals surface area contributed by atoms with Gasteiger partial charge in [0.15, 0.2) is 0 Å². The Morgan fingerprint density at radius 3 is 2.82 bits per heavy atom. The minimum atomic E-state index is 0.377. The highest BCUT2D eigenvalue weighted by atomic mass is 16.5. The van der Waals surface area contributed by atoms with Gasteiger partial charge in [-0.1, -0.05) is 19.1 Å². The summed E-state index contributed by atoms with van der Waals surface area (Å²) >= 11 is 0. The van der Waals surface area contributed by atoms with E-state index in [1.807, 2.05) is 24.3 Å². The molecule has 0 unspecified atom stereocenters. The number of benzene rings is 1. The average Bonchev–Trinajstić information content (AvgIpc) is 2.40. The third-order valence-electron chi connectivity index (χ3n) is 3.17. The standard InChI is InChI=1S/C14H18N2O/c1-2-14-11-16(7-8-17-14)10-13-5-3-12(9-15)4-6-13/h3-6,14H,2,7-8,10-11H2,1H3/t14-/m1/s1. The minimum Gasteiger partial charge on any atom is -0.376 e. The molecule has 0 aromatic heterocycles. The number of hydrogen-bond donors (Lipinski definition) is 0. The van der Waals surface area contributed by atoms with Crippen LogP contribution in [0.2, 0.25) is 0 Å². The van der Waals surface area contributed by atoms with E-state index in [-0.39, 0.29) is 0 Å². The Morgan fingerprint density at radius 1 is 1.41 bits per heavy atom. The molecule has 90 valence electrons. The molecule has 0 bridgehead atoms. The molecule has 3 heteroatoms. The molecule has 1 fully saturated rings. The number of ether oxygens (including phenoxy) is 1. The van der Waals surface area contributed by atoms with Gasteiger partial charge in [0.25, 0.3) is 0 Å². The number of rotatable bonds is 3. The molecule has 0 N–H and O–H groups in total. The van der Waals surface area contributed by atoms with E-state index < -0.39 is 0 Å². The van der Waals surface area contributed by atoms with E-state index in [1.165, 1.54) is 5.56 Å². The molecule has 2 rings (SSSR count). The SMILES string of the molecule is CC[C@@H]1CN(Cc2ccc(C#N)cc2)CCO1. The van der Waals surface area contributed by atoms with Crippen molar-refractivity contribution in [2.24, 2.45) is 0 Å². The van der Waals surface area contributed by atoms with E-state index >= 15 is 0 Å². The third kappa shape index (κ3) is 3.29. The molecule has 1 aromatic rings. The predicted molar refractivity (Wildman–Crippen MR) is 66.5 cm³/mol. The highest BCUT2D eigenvalue weighted by Gasteiger charge is 2.18. The van der Waals surface area contributed by atoms with E-state index in [4.69, 9.17) is 10.00 Å². The highest BCUT2D eigenvalue weighted by Crippen LogP contribution is 2.12. The summed E-state index contributed by atoms with van der Waals surface area (Å²) in [7, 11) is 0.